The van der Waals surface area contributed by atoms with Crippen molar-refractivity contribution >= 4 is 17.4 Å². The lowest BCUT2D eigenvalue weighted by Crippen LogP contribution is -2.15. The summed E-state index contributed by atoms with van der Waals surface area (Å²) in [4.78, 5) is 19.1. The molecule has 2 aromatic heterocycles. The van der Waals surface area contributed by atoms with Gasteiger partial charge in [0.25, 0.3) is 5.91 Å². The van der Waals surface area contributed by atoms with Crippen LogP contribution in [0.2, 0.25) is 0 Å². The quantitative estimate of drug-likeness (QED) is 0.735. The van der Waals surface area contributed by atoms with Crippen molar-refractivity contribution < 1.29 is 4.79 Å². The molecule has 0 aromatic carbocycles. The van der Waals surface area contributed by atoms with Gasteiger partial charge >= 0.3 is 0 Å². The fraction of sp³-hybridized carbons (Fsp3) is 0.0833. The zero-order valence-electron chi connectivity index (χ0n) is 9.63. The third-order valence-corrected chi connectivity index (χ3v) is 2.42. The van der Waals surface area contributed by atoms with Crippen LogP contribution in [0.3, 0.4) is 0 Å². The maximum Gasteiger partial charge on any atom is 0.250 e. The molecule has 1 amide bonds. The minimum atomic E-state index is -0.540. The Morgan fingerprint density at radius 2 is 2.06 bits per heavy atom. The monoisotopic (exact) mass is 243 g/mol. The number of hydrogen-bond donors (Lipinski definition) is 3. The Hall–Kier alpha value is -2.63. The number of aromatic nitrogens is 2. The van der Waals surface area contributed by atoms with Crippen LogP contribution in [0.1, 0.15) is 15.9 Å². The van der Waals surface area contributed by atoms with Crippen molar-refractivity contribution in [2.75, 3.05) is 11.1 Å². The lowest BCUT2D eigenvalue weighted by molar-refractivity contribution is 0.100. The van der Waals surface area contributed by atoms with E-state index in [-0.39, 0.29) is 5.82 Å². The average molecular weight is 243 g/mol. The molecular formula is C12H13N5O. The maximum absolute atomic E-state index is 11.3. The second-order valence-electron chi connectivity index (χ2n) is 3.73. The van der Waals surface area contributed by atoms with Crippen LogP contribution in [0, 0.1) is 0 Å². The number of anilines is 2. The smallest absolute Gasteiger partial charge is 0.250 e. The molecule has 0 spiro atoms. The SMILES string of the molecule is NC(=O)c1cc(N)ncc1NCc1ccncc1. The van der Waals surface area contributed by atoms with Gasteiger partial charge < -0.3 is 16.8 Å². The van der Waals surface area contributed by atoms with E-state index in [1.165, 1.54) is 12.3 Å². The lowest BCUT2D eigenvalue weighted by atomic mass is 10.2. The Labute approximate surface area is 104 Å². The number of nitrogens with two attached hydrogens (primary N) is 2. The summed E-state index contributed by atoms with van der Waals surface area (Å²) in [5, 5.41) is 3.09. The Kier molecular flexibility index (Phi) is 3.38. The first-order valence-corrected chi connectivity index (χ1v) is 5.35. The largest absolute Gasteiger partial charge is 0.384 e. The van der Waals surface area contributed by atoms with Crippen molar-refractivity contribution in [2.24, 2.45) is 5.73 Å². The number of nitrogen functional groups attached to an aromatic ring is 1. The second-order valence-corrected chi connectivity index (χ2v) is 3.73. The maximum atomic E-state index is 11.3. The number of primary amides is 1. The Morgan fingerprint density at radius 3 is 2.72 bits per heavy atom. The summed E-state index contributed by atoms with van der Waals surface area (Å²) < 4.78 is 0. The van der Waals surface area contributed by atoms with Crippen molar-refractivity contribution in [3.63, 3.8) is 0 Å². The van der Waals surface area contributed by atoms with Crippen LogP contribution in [-0.4, -0.2) is 15.9 Å². The van der Waals surface area contributed by atoms with Gasteiger partial charge in [-0.15, -0.1) is 0 Å². The highest BCUT2D eigenvalue weighted by Gasteiger charge is 2.09. The van der Waals surface area contributed by atoms with E-state index < -0.39 is 5.91 Å². The molecule has 18 heavy (non-hydrogen) atoms. The highest BCUT2D eigenvalue weighted by Crippen LogP contribution is 2.16. The number of nitrogens with zero attached hydrogens (tertiary/aromatic N) is 2. The van der Waals surface area contributed by atoms with Gasteiger partial charge in [0.1, 0.15) is 5.82 Å². The molecule has 0 aliphatic heterocycles. The molecule has 0 radical (unpaired) electrons. The van der Waals surface area contributed by atoms with Crippen molar-refractivity contribution in [1.29, 1.82) is 0 Å². The Morgan fingerprint density at radius 1 is 1.33 bits per heavy atom. The van der Waals surface area contributed by atoms with E-state index in [0.717, 1.165) is 5.56 Å². The average Bonchev–Trinajstić information content (AvgIpc) is 2.38. The minimum Gasteiger partial charge on any atom is -0.384 e. The van der Waals surface area contributed by atoms with Gasteiger partial charge in [-0.1, -0.05) is 0 Å². The van der Waals surface area contributed by atoms with Crippen LogP contribution in [0.25, 0.3) is 0 Å². The zero-order chi connectivity index (χ0) is 13.0. The molecule has 92 valence electrons. The van der Waals surface area contributed by atoms with Gasteiger partial charge in [0, 0.05) is 18.9 Å². The number of nitrogens with one attached hydrogen (secondary N) is 1. The predicted octanol–water partition coefficient (Wildman–Crippen LogP) is 0.770. The Bertz CT molecular complexity index is 556. The normalized spacial score (nSPS) is 10.0. The van der Waals surface area contributed by atoms with E-state index >= 15 is 0 Å². The molecule has 6 heteroatoms. The summed E-state index contributed by atoms with van der Waals surface area (Å²) >= 11 is 0. The predicted molar refractivity (Wildman–Crippen MR) is 68.7 cm³/mol. The minimum absolute atomic E-state index is 0.262. The van der Waals surface area contributed by atoms with E-state index in [1.54, 1.807) is 12.4 Å². The van der Waals surface area contributed by atoms with Crippen LogP contribution >= 0.6 is 0 Å². The number of carbonyl (C=O) groups is 1. The molecule has 0 atom stereocenters. The topological polar surface area (TPSA) is 107 Å². The first kappa shape index (κ1) is 11.8. The highest BCUT2D eigenvalue weighted by atomic mass is 16.1. The van der Waals surface area contributed by atoms with Crippen LogP contribution in [0.5, 0.6) is 0 Å². The number of rotatable bonds is 4. The van der Waals surface area contributed by atoms with Gasteiger partial charge in [0.15, 0.2) is 0 Å². The fourth-order valence-electron chi connectivity index (χ4n) is 1.51. The van der Waals surface area contributed by atoms with E-state index in [0.29, 0.717) is 17.8 Å². The van der Waals surface area contributed by atoms with Gasteiger partial charge in [0.05, 0.1) is 17.4 Å². The van der Waals surface area contributed by atoms with Gasteiger partial charge in [0.2, 0.25) is 0 Å². The molecule has 0 aliphatic carbocycles. The summed E-state index contributed by atoms with van der Waals surface area (Å²) in [6.07, 6.45) is 4.90. The Balaban J connectivity index is 2.17. The van der Waals surface area contributed by atoms with Crippen LogP contribution in [-0.2, 0) is 6.54 Å². The molecule has 2 heterocycles. The standard InChI is InChI=1S/C12H13N5O/c13-11-5-9(12(14)18)10(7-17-11)16-6-8-1-3-15-4-2-8/h1-5,7,16H,6H2,(H2,13,17)(H2,14,18). The molecule has 0 aliphatic rings. The molecule has 0 saturated heterocycles. The summed E-state index contributed by atoms with van der Waals surface area (Å²) in [5.41, 5.74) is 12.7. The van der Waals surface area contributed by atoms with Gasteiger partial charge in [-0.25, -0.2) is 4.98 Å². The lowest BCUT2D eigenvalue weighted by Gasteiger charge is -2.10. The number of pyridine rings is 2. The second kappa shape index (κ2) is 5.13. The number of amides is 1. The molecule has 2 aromatic rings. The highest BCUT2D eigenvalue weighted by molar-refractivity contribution is 5.98. The van der Waals surface area contributed by atoms with E-state index in [1.807, 2.05) is 12.1 Å². The molecule has 5 N–H and O–H groups in total. The third-order valence-electron chi connectivity index (χ3n) is 2.42. The first-order chi connectivity index (χ1) is 8.66. The summed E-state index contributed by atoms with van der Waals surface area (Å²) in [5.74, 6) is -0.278. The molecule has 6 nitrogen and oxygen atoms in total. The zero-order valence-corrected chi connectivity index (χ0v) is 9.63. The first-order valence-electron chi connectivity index (χ1n) is 5.35. The molecule has 0 fully saturated rings. The van der Waals surface area contributed by atoms with Crippen molar-refractivity contribution in [1.82, 2.24) is 9.97 Å². The molecular weight excluding hydrogens is 230 g/mol. The van der Waals surface area contributed by atoms with Crippen LogP contribution < -0.4 is 16.8 Å². The van der Waals surface area contributed by atoms with Crippen molar-refractivity contribution in [3.05, 3.63) is 47.9 Å². The summed E-state index contributed by atoms with van der Waals surface area (Å²) in [6.45, 7) is 0.550. The van der Waals surface area contributed by atoms with Crippen molar-refractivity contribution in [2.45, 2.75) is 6.54 Å². The summed E-state index contributed by atoms with van der Waals surface area (Å²) in [6, 6.07) is 5.21. The van der Waals surface area contributed by atoms with Gasteiger partial charge in [-0.3, -0.25) is 9.78 Å². The van der Waals surface area contributed by atoms with E-state index in [2.05, 4.69) is 15.3 Å². The fourth-order valence-corrected chi connectivity index (χ4v) is 1.51. The summed E-state index contributed by atoms with van der Waals surface area (Å²) in [7, 11) is 0. The molecule has 0 unspecified atom stereocenters. The molecule has 2 rings (SSSR count). The van der Waals surface area contributed by atoms with E-state index in [9.17, 15) is 4.79 Å². The number of hydrogen-bond acceptors (Lipinski definition) is 5. The van der Waals surface area contributed by atoms with Crippen LogP contribution in [0.15, 0.2) is 36.8 Å². The van der Waals surface area contributed by atoms with Crippen LogP contribution in [0.4, 0.5) is 11.5 Å². The number of carbonyl (C=O) groups excluding carboxylic acids is 1. The molecule has 0 saturated carbocycles. The van der Waals surface area contributed by atoms with Crippen molar-refractivity contribution in [3.8, 4) is 0 Å². The third kappa shape index (κ3) is 2.73. The van der Waals surface area contributed by atoms with Gasteiger partial charge in [-0.2, -0.15) is 0 Å². The van der Waals surface area contributed by atoms with Gasteiger partial charge in [-0.05, 0) is 23.8 Å². The molecule has 0 bridgehead atoms. The van der Waals surface area contributed by atoms with E-state index in [4.69, 9.17) is 11.5 Å².